The molecule has 0 radical (unpaired) electrons. The first-order valence-corrected chi connectivity index (χ1v) is 6.14. The van der Waals surface area contributed by atoms with Crippen molar-refractivity contribution in [1.29, 1.82) is 0 Å². The topological polar surface area (TPSA) is 60.5 Å². The third kappa shape index (κ3) is 3.47. The molecule has 5 nitrogen and oxygen atoms in total. The number of carbonyl (C=O) groups is 1. The van der Waals surface area contributed by atoms with Crippen LogP contribution in [0, 0.1) is 0 Å². The van der Waals surface area contributed by atoms with E-state index < -0.39 is 0 Å². The lowest BCUT2D eigenvalue weighted by Gasteiger charge is -2.07. The van der Waals surface area contributed by atoms with Gasteiger partial charge in [0.05, 0.1) is 14.2 Å². The monoisotopic (exact) mass is 272 g/mol. The van der Waals surface area contributed by atoms with Crippen LogP contribution in [0.4, 0.5) is 0 Å². The van der Waals surface area contributed by atoms with Crippen molar-refractivity contribution >= 4 is 5.91 Å². The number of aromatic nitrogens is 1. The van der Waals surface area contributed by atoms with E-state index in [0.29, 0.717) is 18.0 Å². The molecule has 104 valence electrons. The molecule has 0 fully saturated rings. The smallest absolute Gasteiger partial charge is 0.251 e. The molecule has 0 unspecified atom stereocenters. The van der Waals surface area contributed by atoms with Gasteiger partial charge in [-0.25, -0.2) is 4.98 Å². The molecule has 20 heavy (non-hydrogen) atoms. The maximum Gasteiger partial charge on any atom is 0.251 e. The van der Waals surface area contributed by atoms with Crippen LogP contribution < -0.4 is 14.8 Å². The molecule has 0 atom stereocenters. The van der Waals surface area contributed by atoms with E-state index in [-0.39, 0.29) is 5.91 Å². The minimum Gasteiger partial charge on any atom is -0.497 e. The predicted octanol–water partition coefficient (Wildman–Crippen LogP) is 2.03. The molecule has 1 amide bonds. The predicted molar refractivity (Wildman–Crippen MR) is 75.0 cm³/mol. The van der Waals surface area contributed by atoms with Crippen molar-refractivity contribution in [2.45, 2.75) is 6.54 Å². The summed E-state index contributed by atoms with van der Waals surface area (Å²) in [5.41, 5.74) is 1.52. The summed E-state index contributed by atoms with van der Waals surface area (Å²) in [7, 11) is 3.15. The van der Waals surface area contributed by atoms with Crippen LogP contribution in [0.2, 0.25) is 0 Å². The third-order valence-electron chi connectivity index (χ3n) is 2.81. The minimum atomic E-state index is -0.136. The van der Waals surface area contributed by atoms with E-state index in [1.54, 1.807) is 50.7 Å². The van der Waals surface area contributed by atoms with E-state index in [0.717, 1.165) is 11.3 Å². The highest BCUT2D eigenvalue weighted by molar-refractivity contribution is 5.94. The van der Waals surface area contributed by atoms with Gasteiger partial charge in [0.15, 0.2) is 0 Å². The number of ether oxygens (including phenoxy) is 2. The Morgan fingerprint density at radius 3 is 2.55 bits per heavy atom. The number of hydrogen-bond acceptors (Lipinski definition) is 4. The van der Waals surface area contributed by atoms with Crippen LogP contribution >= 0.6 is 0 Å². The number of carbonyl (C=O) groups excluding carboxylic acids is 1. The second kappa shape index (κ2) is 6.56. The van der Waals surface area contributed by atoms with Gasteiger partial charge >= 0.3 is 0 Å². The number of nitrogens with zero attached hydrogens (tertiary/aromatic N) is 1. The Morgan fingerprint density at radius 2 is 1.90 bits per heavy atom. The van der Waals surface area contributed by atoms with E-state index in [1.165, 1.54) is 0 Å². The number of nitrogens with one attached hydrogen (secondary N) is 1. The summed E-state index contributed by atoms with van der Waals surface area (Å²) in [4.78, 5) is 16.0. The average Bonchev–Trinajstić information content (AvgIpc) is 2.53. The molecular weight excluding hydrogens is 256 g/mol. The van der Waals surface area contributed by atoms with Crippen LogP contribution in [0.5, 0.6) is 11.6 Å². The van der Waals surface area contributed by atoms with E-state index in [4.69, 9.17) is 9.47 Å². The molecule has 1 aromatic carbocycles. The summed E-state index contributed by atoms with van der Waals surface area (Å²) in [6.45, 7) is 0.420. The van der Waals surface area contributed by atoms with E-state index >= 15 is 0 Å². The Balaban J connectivity index is 1.97. The molecule has 0 spiro atoms. The van der Waals surface area contributed by atoms with Crippen molar-refractivity contribution in [2.75, 3.05) is 14.2 Å². The van der Waals surface area contributed by atoms with Gasteiger partial charge in [0.25, 0.3) is 5.91 Å². The third-order valence-corrected chi connectivity index (χ3v) is 2.81. The fourth-order valence-corrected chi connectivity index (χ4v) is 1.70. The number of methoxy groups -OCH3 is 2. The number of rotatable bonds is 5. The van der Waals surface area contributed by atoms with Gasteiger partial charge in [0, 0.05) is 24.4 Å². The summed E-state index contributed by atoms with van der Waals surface area (Å²) in [6.07, 6.45) is 1.65. The zero-order valence-corrected chi connectivity index (χ0v) is 11.4. The van der Waals surface area contributed by atoms with Gasteiger partial charge in [0.1, 0.15) is 5.75 Å². The lowest BCUT2D eigenvalue weighted by molar-refractivity contribution is 0.0951. The van der Waals surface area contributed by atoms with Gasteiger partial charge in [-0.15, -0.1) is 0 Å². The zero-order chi connectivity index (χ0) is 14.4. The first kappa shape index (κ1) is 13.9. The Bertz CT molecular complexity index is 582. The van der Waals surface area contributed by atoms with Crippen LogP contribution in [0.3, 0.4) is 0 Å². The SMILES string of the molecule is COc1ccc(C(=O)NCc2ccnc(OC)c2)cc1. The summed E-state index contributed by atoms with van der Waals surface area (Å²) in [6, 6.07) is 10.6. The summed E-state index contributed by atoms with van der Waals surface area (Å²) < 4.78 is 10.1. The van der Waals surface area contributed by atoms with Crippen molar-refractivity contribution in [3.63, 3.8) is 0 Å². The molecule has 0 aliphatic heterocycles. The standard InChI is InChI=1S/C15H16N2O3/c1-19-13-5-3-12(4-6-13)15(18)17-10-11-7-8-16-14(9-11)20-2/h3-9H,10H2,1-2H3,(H,17,18). The number of amides is 1. The second-order valence-electron chi connectivity index (χ2n) is 4.12. The first-order chi connectivity index (χ1) is 9.72. The van der Waals surface area contributed by atoms with E-state index in [2.05, 4.69) is 10.3 Å². The lowest BCUT2D eigenvalue weighted by atomic mass is 10.2. The Morgan fingerprint density at radius 1 is 1.15 bits per heavy atom. The number of hydrogen-bond donors (Lipinski definition) is 1. The van der Waals surface area contributed by atoms with Crippen molar-refractivity contribution in [1.82, 2.24) is 10.3 Å². The molecule has 1 aromatic heterocycles. The van der Waals surface area contributed by atoms with Crippen LogP contribution in [0.15, 0.2) is 42.6 Å². The fourth-order valence-electron chi connectivity index (χ4n) is 1.70. The van der Waals surface area contributed by atoms with Crippen LogP contribution in [-0.2, 0) is 6.54 Å². The highest BCUT2D eigenvalue weighted by Gasteiger charge is 2.05. The molecule has 0 bridgehead atoms. The molecule has 0 saturated heterocycles. The molecule has 5 heteroatoms. The molecule has 2 rings (SSSR count). The maximum atomic E-state index is 12.0. The summed E-state index contributed by atoms with van der Waals surface area (Å²) in [5, 5.41) is 2.84. The largest absolute Gasteiger partial charge is 0.497 e. The van der Waals surface area contributed by atoms with Crippen molar-refractivity contribution in [2.24, 2.45) is 0 Å². The molecular formula is C15H16N2O3. The number of pyridine rings is 1. The van der Waals surface area contributed by atoms with Crippen molar-refractivity contribution in [3.05, 3.63) is 53.7 Å². The second-order valence-corrected chi connectivity index (χ2v) is 4.12. The minimum absolute atomic E-state index is 0.136. The summed E-state index contributed by atoms with van der Waals surface area (Å²) >= 11 is 0. The van der Waals surface area contributed by atoms with Crippen molar-refractivity contribution in [3.8, 4) is 11.6 Å². The van der Waals surface area contributed by atoms with Crippen LogP contribution in [0.1, 0.15) is 15.9 Å². The highest BCUT2D eigenvalue weighted by atomic mass is 16.5. The fraction of sp³-hybridized carbons (Fsp3) is 0.200. The molecule has 2 aromatic rings. The lowest BCUT2D eigenvalue weighted by Crippen LogP contribution is -2.22. The van der Waals surface area contributed by atoms with Gasteiger partial charge in [-0.05, 0) is 35.9 Å². The quantitative estimate of drug-likeness (QED) is 0.904. The molecule has 0 saturated carbocycles. The first-order valence-electron chi connectivity index (χ1n) is 6.14. The highest BCUT2D eigenvalue weighted by Crippen LogP contribution is 2.12. The molecule has 0 aliphatic carbocycles. The van der Waals surface area contributed by atoms with Gasteiger partial charge < -0.3 is 14.8 Å². The van der Waals surface area contributed by atoms with Crippen LogP contribution in [-0.4, -0.2) is 25.1 Å². The van der Waals surface area contributed by atoms with Gasteiger partial charge in [-0.1, -0.05) is 0 Å². The maximum absolute atomic E-state index is 12.0. The molecule has 1 heterocycles. The average molecular weight is 272 g/mol. The van der Waals surface area contributed by atoms with Gasteiger partial charge in [-0.3, -0.25) is 4.79 Å². The number of benzene rings is 1. The van der Waals surface area contributed by atoms with E-state index in [9.17, 15) is 4.79 Å². The van der Waals surface area contributed by atoms with Gasteiger partial charge in [-0.2, -0.15) is 0 Å². The molecule has 0 aliphatic rings. The molecule has 1 N–H and O–H groups in total. The summed E-state index contributed by atoms with van der Waals surface area (Å²) in [5.74, 6) is 1.12. The zero-order valence-electron chi connectivity index (χ0n) is 11.4. The van der Waals surface area contributed by atoms with Crippen molar-refractivity contribution < 1.29 is 14.3 Å². The van der Waals surface area contributed by atoms with Crippen LogP contribution in [0.25, 0.3) is 0 Å². The van der Waals surface area contributed by atoms with Gasteiger partial charge in [0.2, 0.25) is 5.88 Å². The Labute approximate surface area is 117 Å². The van der Waals surface area contributed by atoms with E-state index in [1.807, 2.05) is 6.07 Å². The Hall–Kier alpha value is -2.56. The Kier molecular flexibility index (Phi) is 4.55. The normalized spacial score (nSPS) is 9.90.